The molecule has 9 nitrogen and oxygen atoms in total. The number of anilines is 1. The molecule has 4 aromatic rings. The number of aromatic nitrogens is 4. The van der Waals surface area contributed by atoms with Crippen LogP contribution in [0.15, 0.2) is 47.6 Å². The molecule has 1 amide bonds. The second-order valence-corrected chi connectivity index (χ2v) is 8.93. The molecule has 3 heterocycles. The summed E-state index contributed by atoms with van der Waals surface area (Å²) < 4.78 is 19.8. The van der Waals surface area contributed by atoms with Gasteiger partial charge < -0.3 is 24.1 Å². The molecule has 1 aliphatic heterocycles. The van der Waals surface area contributed by atoms with Crippen LogP contribution in [-0.4, -0.2) is 45.1 Å². The van der Waals surface area contributed by atoms with Gasteiger partial charge in [0.2, 0.25) is 5.91 Å². The molecule has 1 N–H and O–H groups in total. The fraction of sp³-hybridized carbons (Fsp3) is 0.238. The molecule has 0 fully saturated rings. The second kappa shape index (κ2) is 8.67. The summed E-state index contributed by atoms with van der Waals surface area (Å²) in [5.74, 6) is 2.79. The van der Waals surface area contributed by atoms with E-state index < -0.39 is 0 Å². The Hall–Kier alpha value is -3.31. The van der Waals surface area contributed by atoms with E-state index in [0.29, 0.717) is 34.2 Å². The van der Waals surface area contributed by atoms with Crippen LogP contribution < -0.4 is 19.5 Å². The van der Waals surface area contributed by atoms with Crippen LogP contribution in [0.25, 0.3) is 10.2 Å². The lowest BCUT2D eigenvalue weighted by Gasteiger charge is -2.25. The minimum Gasteiger partial charge on any atom is -0.497 e. The van der Waals surface area contributed by atoms with E-state index in [1.165, 1.54) is 23.1 Å². The van der Waals surface area contributed by atoms with E-state index in [4.69, 9.17) is 14.2 Å². The lowest BCUT2D eigenvalue weighted by atomic mass is 10.2. The summed E-state index contributed by atoms with van der Waals surface area (Å²) >= 11 is 2.70. The third-order valence-electron chi connectivity index (χ3n) is 4.84. The van der Waals surface area contributed by atoms with Crippen molar-refractivity contribution in [2.24, 2.45) is 7.05 Å². The van der Waals surface area contributed by atoms with Crippen LogP contribution in [0.4, 0.5) is 5.13 Å². The summed E-state index contributed by atoms with van der Waals surface area (Å²) in [5.41, 5.74) is 0.813. The zero-order valence-electron chi connectivity index (χ0n) is 17.3. The number of thioether (sulfide) groups is 1. The van der Waals surface area contributed by atoms with Gasteiger partial charge >= 0.3 is 0 Å². The highest BCUT2D eigenvalue weighted by Gasteiger charge is 2.27. The predicted octanol–water partition coefficient (Wildman–Crippen LogP) is 3.68. The van der Waals surface area contributed by atoms with Gasteiger partial charge in [0.05, 0.1) is 23.1 Å². The van der Waals surface area contributed by atoms with Crippen molar-refractivity contribution < 1.29 is 19.0 Å². The number of ether oxygens (including phenoxy) is 3. The van der Waals surface area contributed by atoms with Crippen molar-refractivity contribution in [2.45, 2.75) is 11.3 Å². The van der Waals surface area contributed by atoms with E-state index in [-0.39, 0.29) is 17.8 Å². The number of hydrogen-bond donors (Lipinski definition) is 1. The smallest absolute Gasteiger partial charge is 0.236 e. The van der Waals surface area contributed by atoms with Crippen LogP contribution in [0.5, 0.6) is 17.2 Å². The van der Waals surface area contributed by atoms with Crippen molar-refractivity contribution in [3.05, 3.63) is 48.3 Å². The lowest BCUT2D eigenvalue weighted by Crippen LogP contribution is -2.24. The summed E-state index contributed by atoms with van der Waals surface area (Å²) in [7, 11) is 3.46. The molecule has 1 unspecified atom stereocenters. The van der Waals surface area contributed by atoms with Crippen LogP contribution in [0.2, 0.25) is 0 Å². The summed E-state index contributed by atoms with van der Waals surface area (Å²) in [6.45, 7) is 0.344. The molecule has 1 aliphatic rings. The number of hydrogen-bond acceptors (Lipinski definition) is 9. The zero-order chi connectivity index (χ0) is 22.1. The van der Waals surface area contributed by atoms with E-state index >= 15 is 0 Å². The molecule has 1 atom stereocenters. The highest BCUT2D eigenvalue weighted by molar-refractivity contribution is 7.99. The van der Waals surface area contributed by atoms with Gasteiger partial charge in [-0.1, -0.05) is 35.2 Å². The topological polar surface area (TPSA) is 100 Å². The first-order valence-corrected chi connectivity index (χ1v) is 11.6. The van der Waals surface area contributed by atoms with Gasteiger partial charge in [0, 0.05) is 7.05 Å². The van der Waals surface area contributed by atoms with Gasteiger partial charge in [0.25, 0.3) is 0 Å². The van der Waals surface area contributed by atoms with Crippen molar-refractivity contribution in [1.82, 2.24) is 19.7 Å². The number of benzene rings is 2. The van der Waals surface area contributed by atoms with Crippen molar-refractivity contribution in [3.63, 3.8) is 0 Å². The number of amides is 1. The van der Waals surface area contributed by atoms with E-state index in [1.807, 2.05) is 54.1 Å². The van der Waals surface area contributed by atoms with Gasteiger partial charge in [-0.2, -0.15) is 0 Å². The van der Waals surface area contributed by atoms with E-state index in [1.54, 1.807) is 7.11 Å². The Kier molecular flexibility index (Phi) is 5.58. The Labute approximate surface area is 191 Å². The van der Waals surface area contributed by atoms with Gasteiger partial charge in [0.15, 0.2) is 33.7 Å². The maximum absolute atomic E-state index is 12.5. The second-order valence-electron chi connectivity index (χ2n) is 6.95. The molecule has 11 heteroatoms. The molecule has 0 saturated heterocycles. The first-order chi connectivity index (χ1) is 15.6. The molecular formula is C21H19N5O4S2. The van der Waals surface area contributed by atoms with Crippen molar-refractivity contribution >= 4 is 44.4 Å². The van der Waals surface area contributed by atoms with Crippen molar-refractivity contribution in [1.29, 1.82) is 0 Å². The Bertz CT molecular complexity index is 1290. The molecule has 2 aromatic heterocycles. The van der Waals surface area contributed by atoms with Crippen LogP contribution in [0, 0.1) is 0 Å². The Morgan fingerprint density at radius 3 is 2.97 bits per heavy atom. The van der Waals surface area contributed by atoms with Crippen LogP contribution in [-0.2, 0) is 11.8 Å². The average molecular weight is 470 g/mol. The normalized spacial score (nSPS) is 15.0. The number of para-hydroxylation sites is 2. The fourth-order valence-electron chi connectivity index (χ4n) is 3.25. The monoisotopic (exact) mass is 469 g/mol. The fourth-order valence-corrected chi connectivity index (χ4v) is 4.88. The van der Waals surface area contributed by atoms with E-state index in [0.717, 1.165) is 16.0 Å². The Morgan fingerprint density at radius 2 is 2.12 bits per heavy atom. The molecule has 5 rings (SSSR count). The van der Waals surface area contributed by atoms with E-state index in [9.17, 15) is 4.79 Å². The lowest BCUT2D eigenvalue weighted by molar-refractivity contribution is -0.113. The Morgan fingerprint density at radius 1 is 1.28 bits per heavy atom. The maximum Gasteiger partial charge on any atom is 0.236 e. The molecule has 32 heavy (non-hydrogen) atoms. The highest BCUT2D eigenvalue weighted by atomic mass is 32.2. The van der Waals surface area contributed by atoms with Gasteiger partial charge in [-0.15, -0.1) is 10.2 Å². The molecule has 0 saturated carbocycles. The third-order valence-corrected chi connectivity index (χ3v) is 6.79. The van der Waals surface area contributed by atoms with Crippen LogP contribution in [0.1, 0.15) is 11.9 Å². The molecule has 2 aromatic carbocycles. The minimum absolute atomic E-state index is 0.170. The molecule has 0 radical (unpaired) electrons. The number of fused-ring (bicyclic) bond motifs is 2. The first-order valence-electron chi connectivity index (χ1n) is 9.75. The maximum atomic E-state index is 12.5. The third kappa shape index (κ3) is 4.08. The molecule has 0 aliphatic carbocycles. The average Bonchev–Trinajstić information content (AvgIpc) is 3.39. The molecule has 164 valence electrons. The predicted molar refractivity (Wildman–Crippen MR) is 122 cm³/mol. The molecule has 0 spiro atoms. The van der Waals surface area contributed by atoms with Gasteiger partial charge in [0.1, 0.15) is 12.4 Å². The van der Waals surface area contributed by atoms with Crippen molar-refractivity contribution in [3.8, 4) is 17.2 Å². The minimum atomic E-state index is -0.370. The molecular weight excluding hydrogens is 450 g/mol. The Balaban J connectivity index is 1.21. The number of carbonyl (C=O) groups excluding carboxylic acids is 1. The summed E-state index contributed by atoms with van der Waals surface area (Å²) in [5, 5.41) is 12.5. The standard InChI is InChI=1S/C21H19N5O4S2/c1-26-19(16-10-29-14-5-3-4-6-15(14)30-16)24-25-21(26)31-11-18(27)23-20-22-13-8-7-12(28-2)9-17(13)32-20/h3-9,16H,10-11H2,1-2H3,(H,22,23,27). The quantitative estimate of drug-likeness (QED) is 0.427. The van der Waals surface area contributed by atoms with Gasteiger partial charge in [-0.05, 0) is 30.3 Å². The van der Waals surface area contributed by atoms with Crippen molar-refractivity contribution in [2.75, 3.05) is 24.8 Å². The van der Waals surface area contributed by atoms with Gasteiger partial charge in [-0.3, -0.25) is 4.79 Å². The first kappa shape index (κ1) is 20.6. The number of rotatable bonds is 6. The highest BCUT2D eigenvalue weighted by Crippen LogP contribution is 2.36. The summed E-state index contributed by atoms with van der Waals surface area (Å²) in [4.78, 5) is 16.9. The number of nitrogens with zero attached hydrogens (tertiary/aromatic N) is 4. The van der Waals surface area contributed by atoms with Crippen LogP contribution >= 0.6 is 23.1 Å². The number of nitrogens with one attached hydrogen (secondary N) is 1. The van der Waals surface area contributed by atoms with Gasteiger partial charge in [-0.25, -0.2) is 4.98 Å². The number of carbonyl (C=O) groups is 1. The number of thiazole rings is 1. The largest absolute Gasteiger partial charge is 0.497 e. The molecule has 0 bridgehead atoms. The van der Waals surface area contributed by atoms with E-state index in [2.05, 4.69) is 20.5 Å². The van der Waals surface area contributed by atoms with Crippen LogP contribution in [0.3, 0.4) is 0 Å². The summed E-state index contributed by atoms with van der Waals surface area (Å²) in [6, 6.07) is 13.1. The zero-order valence-corrected chi connectivity index (χ0v) is 18.9. The summed E-state index contributed by atoms with van der Waals surface area (Å²) in [6.07, 6.45) is -0.370. The number of methoxy groups -OCH3 is 1. The SMILES string of the molecule is COc1ccc2nc(NC(=O)CSc3nnc(C4COc5ccccc5O4)n3C)sc2c1.